The number of thiazole rings is 1. The zero-order chi connectivity index (χ0) is 18.9. The normalized spacial score (nSPS) is 21.5. The molecule has 140 valence electrons. The van der Waals surface area contributed by atoms with Crippen molar-refractivity contribution in [2.75, 3.05) is 18.4 Å². The van der Waals surface area contributed by atoms with Crippen LogP contribution < -0.4 is 5.32 Å². The Bertz CT molecular complexity index is 890. The minimum Gasteiger partial charge on any atom is -0.298 e. The summed E-state index contributed by atoms with van der Waals surface area (Å²) in [4.78, 5) is 16.5. The van der Waals surface area contributed by atoms with E-state index >= 15 is 0 Å². The van der Waals surface area contributed by atoms with E-state index in [2.05, 4.69) is 10.3 Å². The lowest BCUT2D eigenvalue weighted by Gasteiger charge is -2.34. The van der Waals surface area contributed by atoms with Gasteiger partial charge in [-0.25, -0.2) is 13.4 Å². The van der Waals surface area contributed by atoms with Crippen molar-refractivity contribution in [3.63, 3.8) is 0 Å². The lowest BCUT2D eigenvalue weighted by Crippen LogP contribution is -2.42. The molecule has 1 fully saturated rings. The largest absolute Gasteiger partial charge is 0.298 e. The topological polar surface area (TPSA) is 79.4 Å². The van der Waals surface area contributed by atoms with Crippen molar-refractivity contribution < 1.29 is 13.2 Å². The van der Waals surface area contributed by atoms with Crippen LogP contribution in [-0.2, 0) is 10.0 Å². The standard InChI is InChI=1S/C17H20ClN3O3S2/c1-11-7-12(2)10-21(9-11)26(23,24)13-3-4-15(18)14(8-13)16(22)20-17-19-5-6-25-17/h3-6,8,11-12H,7,9-10H2,1-2H3,(H,19,20,22)/t11-,12+. The number of hydrogen-bond donors (Lipinski definition) is 1. The number of hydrogen-bond acceptors (Lipinski definition) is 5. The maximum atomic E-state index is 13.0. The Hall–Kier alpha value is -1.48. The second kappa shape index (κ2) is 7.64. The van der Waals surface area contributed by atoms with Gasteiger partial charge in [0.05, 0.1) is 15.5 Å². The third kappa shape index (κ3) is 4.09. The summed E-state index contributed by atoms with van der Waals surface area (Å²) in [5.41, 5.74) is 0.112. The molecule has 3 rings (SSSR count). The molecule has 0 unspecified atom stereocenters. The van der Waals surface area contributed by atoms with E-state index in [1.165, 1.54) is 33.8 Å². The first-order valence-electron chi connectivity index (χ1n) is 8.28. The molecule has 0 spiro atoms. The van der Waals surface area contributed by atoms with E-state index in [9.17, 15) is 13.2 Å². The van der Waals surface area contributed by atoms with E-state index in [4.69, 9.17) is 11.6 Å². The van der Waals surface area contributed by atoms with Gasteiger partial charge in [0.25, 0.3) is 5.91 Å². The van der Waals surface area contributed by atoms with Gasteiger partial charge in [-0.3, -0.25) is 10.1 Å². The van der Waals surface area contributed by atoms with Gasteiger partial charge in [0, 0.05) is 24.7 Å². The number of nitrogens with one attached hydrogen (secondary N) is 1. The molecule has 1 N–H and O–H groups in total. The Kier molecular flexibility index (Phi) is 5.67. The third-order valence-corrected chi connectivity index (χ3v) is 7.15. The number of benzene rings is 1. The zero-order valence-electron chi connectivity index (χ0n) is 14.5. The second-order valence-corrected chi connectivity index (χ2v) is 9.94. The van der Waals surface area contributed by atoms with Gasteiger partial charge in [0.2, 0.25) is 10.0 Å². The fraction of sp³-hybridized carbons (Fsp3) is 0.412. The Balaban J connectivity index is 1.89. The molecule has 0 saturated carbocycles. The number of nitrogens with zero attached hydrogens (tertiary/aromatic N) is 2. The third-order valence-electron chi connectivity index (χ3n) is 4.31. The number of halogens is 1. The summed E-state index contributed by atoms with van der Waals surface area (Å²) >= 11 is 7.40. The molecule has 1 amide bonds. The first-order chi connectivity index (χ1) is 12.3. The molecule has 0 bridgehead atoms. The maximum Gasteiger partial charge on any atom is 0.259 e. The molecule has 26 heavy (non-hydrogen) atoms. The highest BCUT2D eigenvalue weighted by atomic mass is 35.5. The van der Waals surface area contributed by atoms with Gasteiger partial charge in [-0.2, -0.15) is 4.31 Å². The van der Waals surface area contributed by atoms with Gasteiger partial charge in [-0.1, -0.05) is 25.4 Å². The predicted octanol–water partition coefficient (Wildman–Crippen LogP) is 3.72. The highest BCUT2D eigenvalue weighted by Gasteiger charge is 2.32. The second-order valence-electron chi connectivity index (χ2n) is 6.70. The number of carbonyl (C=O) groups is 1. The van der Waals surface area contributed by atoms with Crippen LogP contribution >= 0.6 is 22.9 Å². The summed E-state index contributed by atoms with van der Waals surface area (Å²) in [5, 5.41) is 4.98. The summed E-state index contributed by atoms with van der Waals surface area (Å²) < 4.78 is 27.5. The maximum absolute atomic E-state index is 13.0. The molecule has 1 aliphatic rings. The Morgan fingerprint density at radius 3 is 2.62 bits per heavy atom. The van der Waals surface area contributed by atoms with Crippen molar-refractivity contribution in [2.24, 2.45) is 11.8 Å². The Morgan fingerprint density at radius 2 is 2.00 bits per heavy atom. The number of carbonyl (C=O) groups excluding carboxylic acids is 1. The van der Waals surface area contributed by atoms with Crippen molar-refractivity contribution in [1.29, 1.82) is 0 Å². The van der Waals surface area contributed by atoms with Crippen LogP contribution in [0.5, 0.6) is 0 Å². The first-order valence-corrected chi connectivity index (χ1v) is 11.0. The van der Waals surface area contributed by atoms with E-state index < -0.39 is 15.9 Å². The van der Waals surface area contributed by atoms with E-state index in [1.54, 1.807) is 11.6 Å². The average molecular weight is 414 g/mol. The van der Waals surface area contributed by atoms with Gasteiger partial charge in [-0.15, -0.1) is 11.3 Å². The number of amides is 1. The highest BCUT2D eigenvalue weighted by molar-refractivity contribution is 7.89. The monoisotopic (exact) mass is 413 g/mol. The SMILES string of the molecule is C[C@@H]1C[C@H](C)CN(S(=O)(=O)c2ccc(Cl)c(C(=O)Nc3nccs3)c2)C1. The molecule has 2 aromatic rings. The van der Waals surface area contributed by atoms with Gasteiger partial charge in [-0.05, 0) is 36.5 Å². The average Bonchev–Trinajstić information content (AvgIpc) is 3.07. The summed E-state index contributed by atoms with van der Waals surface area (Å²) in [7, 11) is -3.68. The molecule has 0 radical (unpaired) electrons. The van der Waals surface area contributed by atoms with Gasteiger partial charge >= 0.3 is 0 Å². The summed E-state index contributed by atoms with van der Waals surface area (Å²) in [6.45, 7) is 5.06. The number of rotatable bonds is 4. The van der Waals surface area contributed by atoms with E-state index in [-0.39, 0.29) is 15.5 Å². The molecule has 6 nitrogen and oxygen atoms in total. The molecule has 1 aliphatic heterocycles. The van der Waals surface area contributed by atoms with E-state index in [0.717, 1.165) is 6.42 Å². The van der Waals surface area contributed by atoms with Crippen molar-refractivity contribution in [3.8, 4) is 0 Å². The van der Waals surface area contributed by atoms with Crippen LogP contribution in [0.4, 0.5) is 5.13 Å². The fourth-order valence-corrected chi connectivity index (χ4v) is 5.67. The number of aromatic nitrogens is 1. The first kappa shape index (κ1) is 19.3. The highest BCUT2D eigenvalue weighted by Crippen LogP contribution is 2.29. The van der Waals surface area contributed by atoms with Crippen LogP contribution in [0.3, 0.4) is 0 Å². The lowest BCUT2D eigenvalue weighted by atomic mass is 9.94. The summed E-state index contributed by atoms with van der Waals surface area (Å²) in [5.74, 6) is 0.115. The molecule has 2 heterocycles. The van der Waals surface area contributed by atoms with Crippen LogP contribution in [-0.4, -0.2) is 36.7 Å². The number of sulfonamides is 1. The van der Waals surface area contributed by atoms with E-state index in [0.29, 0.717) is 30.1 Å². The van der Waals surface area contributed by atoms with Crippen LogP contribution in [0, 0.1) is 11.8 Å². The predicted molar refractivity (Wildman–Crippen MR) is 103 cm³/mol. The molecule has 0 aliphatic carbocycles. The quantitative estimate of drug-likeness (QED) is 0.828. The minimum absolute atomic E-state index is 0.0764. The fourth-order valence-electron chi connectivity index (χ4n) is 3.24. The molecular weight excluding hydrogens is 394 g/mol. The van der Waals surface area contributed by atoms with Gasteiger partial charge in [0.15, 0.2) is 5.13 Å². The van der Waals surface area contributed by atoms with Gasteiger partial charge in [0.1, 0.15) is 0 Å². The van der Waals surface area contributed by atoms with Crippen molar-refractivity contribution in [2.45, 2.75) is 25.2 Å². The van der Waals surface area contributed by atoms with Crippen molar-refractivity contribution in [3.05, 3.63) is 40.4 Å². The van der Waals surface area contributed by atoms with E-state index in [1.807, 2.05) is 13.8 Å². The van der Waals surface area contributed by atoms with Crippen LogP contribution in [0.15, 0.2) is 34.7 Å². The molecule has 1 aromatic carbocycles. The van der Waals surface area contributed by atoms with Crippen molar-refractivity contribution in [1.82, 2.24) is 9.29 Å². The lowest BCUT2D eigenvalue weighted by molar-refractivity contribution is 0.102. The van der Waals surface area contributed by atoms with Crippen molar-refractivity contribution >= 4 is 44.0 Å². The van der Waals surface area contributed by atoms with Crippen LogP contribution in [0.2, 0.25) is 5.02 Å². The molecule has 2 atom stereocenters. The molecule has 1 aromatic heterocycles. The number of anilines is 1. The molecular formula is C17H20ClN3O3S2. The molecule has 1 saturated heterocycles. The van der Waals surface area contributed by atoms with Crippen LogP contribution in [0.1, 0.15) is 30.6 Å². The summed E-state index contributed by atoms with van der Waals surface area (Å²) in [6.07, 6.45) is 2.58. The minimum atomic E-state index is -3.68. The summed E-state index contributed by atoms with van der Waals surface area (Å²) in [6, 6.07) is 4.23. The smallest absolute Gasteiger partial charge is 0.259 e. The Labute approximate surface area is 162 Å². The molecule has 9 heteroatoms. The van der Waals surface area contributed by atoms with Gasteiger partial charge < -0.3 is 0 Å². The zero-order valence-corrected chi connectivity index (χ0v) is 16.9. The van der Waals surface area contributed by atoms with Crippen LogP contribution in [0.25, 0.3) is 0 Å². The number of piperidine rings is 1. The Morgan fingerprint density at radius 1 is 1.31 bits per heavy atom.